The number of aliphatic hydroxyl groups is 1. The summed E-state index contributed by atoms with van der Waals surface area (Å²) in [5, 5.41) is 10.6. The highest BCUT2D eigenvalue weighted by Gasteiger charge is 2.21. The Kier molecular flexibility index (Phi) is 9.86. The molecule has 2 N–H and O–H groups in total. The van der Waals surface area contributed by atoms with Gasteiger partial charge in [0.15, 0.2) is 0 Å². The normalized spacial score (nSPS) is 12.6. The van der Waals surface area contributed by atoms with Gasteiger partial charge in [0.1, 0.15) is 15.5 Å². The van der Waals surface area contributed by atoms with Crippen LogP contribution in [0.1, 0.15) is 41.3 Å². The highest BCUT2D eigenvalue weighted by molar-refractivity contribution is 7.20. The second kappa shape index (κ2) is 12.1. The molecule has 9 nitrogen and oxygen atoms in total. The van der Waals surface area contributed by atoms with Crippen LogP contribution in [0, 0.1) is 6.92 Å². The number of ether oxygens (including phenoxy) is 3. The number of aromatic nitrogens is 2. The summed E-state index contributed by atoms with van der Waals surface area (Å²) < 4.78 is 15.5. The molecule has 0 radical (unpaired) electrons. The van der Waals surface area contributed by atoms with Gasteiger partial charge in [-0.1, -0.05) is 0 Å². The molecule has 0 amide bonds. The van der Waals surface area contributed by atoms with Crippen molar-refractivity contribution in [2.75, 3.05) is 46.6 Å². The maximum atomic E-state index is 12.7. The first-order valence-corrected chi connectivity index (χ1v) is 10.9. The fourth-order valence-corrected chi connectivity index (χ4v) is 4.23. The average Bonchev–Trinajstić information content (AvgIpc) is 3.03. The van der Waals surface area contributed by atoms with Crippen molar-refractivity contribution in [1.29, 1.82) is 0 Å². The third-order valence-electron chi connectivity index (χ3n) is 4.49. The molecule has 2 heterocycles. The summed E-state index contributed by atoms with van der Waals surface area (Å²) in [5.74, 6) is 0.0318. The number of nitrogens with one attached hydrogen (secondary N) is 1. The third-order valence-corrected chi connectivity index (χ3v) is 5.66. The van der Waals surface area contributed by atoms with E-state index >= 15 is 0 Å². The standard InChI is InChI=1S/C20H31N3O6S/c1-5-28-12-14(24)10-23(8-7-9-27-4)11-15-21-18(25)16-13(3)17(20(26)29-6-2)30-19(16)22-15/h14,24H,5-12H2,1-4H3,(H,21,22,25). The fourth-order valence-electron chi connectivity index (χ4n) is 3.14. The zero-order valence-electron chi connectivity index (χ0n) is 18.0. The van der Waals surface area contributed by atoms with Gasteiger partial charge in [0.2, 0.25) is 0 Å². The van der Waals surface area contributed by atoms with E-state index in [9.17, 15) is 14.7 Å². The number of rotatable bonds is 13. The lowest BCUT2D eigenvalue weighted by molar-refractivity contribution is 0.0177. The summed E-state index contributed by atoms with van der Waals surface area (Å²) in [5.41, 5.74) is 0.295. The first kappa shape index (κ1) is 24.4. The zero-order chi connectivity index (χ0) is 22.1. The van der Waals surface area contributed by atoms with Crippen molar-refractivity contribution in [3.05, 3.63) is 26.6 Å². The summed E-state index contributed by atoms with van der Waals surface area (Å²) in [6, 6.07) is 0. The van der Waals surface area contributed by atoms with Crippen LogP contribution in [-0.2, 0) is 20.8 Å². The number of carbonyl (C=O) groups excluding carboxylic acids is 1. The van der Waals surface area contributed by atoms with Crippen molar-refractivity contribution in [2.24, 2.45) is 0 Å². The van der Waals surface area contributed by atoms with Crippen LogP contribution in [0.5, 0.6) is 0 Å². The SMILES string of the molecule is CCOCC(O)CN(CCCOC)Cc1nc2sc(C(=O)OCC)c(C)c2c(=O)[nH]1. The Bertz CT molecular complexity index is 881. The Hall–Kier alpha value is -1.85. The fraction of sp³-hybridized carbons (Fsp3) is 0.650. The van der Waals surface area contributed by atoms with Gasteiger partial charge in [-0.05, 0) is 32.8 Å². The van der Waals surface area contributed by atoms with Gasteiger partial charge in [0.05, 0.1) is 31.2 Å². The number of methoxy groups -OCH3 is 1. The molecule has 0 spiro atoms. The third kappa shape index (κ3) is 6.58. The maximum Gasteiger partial charge on any atom is 0.348 e. The molecule has 0 aliphatic rings. The molecule has 0 saturated heterocycles. The van der Waals surface area contributed by atoms with Crippen molar-refractivity contribution >= 4 is 27.5 Å². The van der Waals surface area contributed by atoms with Crippen LogP contribution in [-0.4, -0.2) is 78.7 Å². The lowest BCUT2D eigenvalue weighted by Gasteiger charge is -2.24. The molecule has 0 bridgehead atoms. The van der Waals surface area contributed by atoms with Gasteiger partial charge >= 0.3 is 5.97 Å². The molecule has 0 fully saturated rings. The highest BCUT2D eigenvalue weighted by atomic mass is 32.1. The van der Waals surface area contributed by atoms with E-state index < -0.39 is 12.1 Å². The Balaban J connectivity index is 2.24. The number of aliphatic hydroxyl groups excluding tert-OH is 1. The van der Waals surface area contributed by atoms with E-state index in [-0.39, 0.29) is 18.8 Å². The number of carbonyl (C=O) groups is 1. The largest absolute Gasteiger partial charge is 0.462 e. The molecule has 0 saturated carbocycles. The Labute approximate surface area is 180 Å². The molecule has 2 aromatic rings. The number of aromatic amines is 1. The lowest BCUT2D eigenvalue weighted by atomic mass is 10.2. The summed E-state index contributed by atoms with van der Waals surface area (Å²) in [6.45, 7) is 8.37. The minimum absolute atomic E-state index is 0.243. The topological polar surface area (TPSA) is 114 Å². The lowest BCUT2D eigenvalue weighted by Crippen LogP contribution is -2.36. The van der Waals surface area contributed by atoms with E-state index in [0.29, 0.717) is 59.3 Å². The van der Waals surface area contributed by atoms with Crippen molar-refractivity contribution < 1.29 is 24.1 Å². The monoisotopic (exact) mass is 441 g/mol. The molecule has 30 heavy (non-hydrogen) atoms. The van der Waals surface area contributed by atoms with Crippen molar-refractivity contribution in [2.45, 2.75) is 39.8 Å². The molecule has 0 aliphatic heterocycles. The molecule has 168 valence electrons. The number of esters is 1. The van der Waals surface area contributed by atoms with E-state index in [2.05, 4.69) is 9.97 Å². The average molecular weight is 442 g/mol. The summed E-state index contributed by atoms with van der Waals surface area (Å²) >= 11 is 1.16. The summed E-state index contributed by atoms with van der Waals surface area (Å²) in [4.78, 5) is 35.1. The molecule has 2 rings (SSSR count). The van der Waals surface area contributed by atoms with Gasteiger partial charge in [-0.25, -0.2) is 9.78 Å². The molecule has 10 heteroatoms. The van der Waals surface area contributed by atoms with E-state index in [1.165, 1.54) is 0 Å². The number of nitrogens with zero attached hydrogens (tertiary/aromatic N) is 2. The van der Waals surface area contributed by atoms with Crippen LogP contribution in [0.15, 0.2) is 4.79 Å². The zero-order valence-corrected chi connectivity index (χ0v) is 18.8. The maximum absolute atomic E-state index is 12.7. The van der Waals surface area contributed by atoms with E-state index in [0.717, 1.165) is 17.8 Å². The first-order valence-electron chi connectivity index (χ1n) is 10.1. The Morgan fingerprint density at radius 1 is 1.33 bits per heavy atom. The molecular formula is C20H31N3O6S. The van der Waals surface area contributed by atoms with Gasteiger partial charge in [-0.2, -0.15) is 0 Å². The van der Waals surface area contributed by atoms with Crippen LogP contribution in [0.3, 0.4) is 0 Å². The molecule has 0 aromatic carbocycles. The molecular weight excluding hydrogens is 410 g/mol. The quantitative estimate of drug-likeness (QED) is 0.357. The van der Waals surface area contributed by atoms with E-state index in [1.54, 1.807) is 21.0 Å². The van der Waals surface area contributed by atoms with Crippen LogP contribution < -0.4 is 5.56 Å². The molecule has 2 aromatic heterocycles. The van der Waals surface area contributed by atoms with Crippen molar-refractivity contribution in [3.8, 4) is 0 Å². The summed E-state index contributed by atoms with van der Waals surface area (Å²) in [7, 11) is 1.64. The predicted octanol–water partition coefficient (Wildman–Crippen LogP) is 1.71. The number of thiophene rings is 1. The van der Waals surface area contributed by atoms with Gasteiger partial charge < -0.3 is 24.3 Å². The minimum Gasteiger partial charge on any atom is -0.462 e. The molecule has 1 atom stereocenters. The summed E-state index contributed by atoms with van der Waals surface area (Å²) in [6.07, 6.45) is 0.123. The number of H-pyrrole nitrogens is 1. The Morgan fingerprint density at radius 3 is 2.77 bits per heavy atom. The van der Waals surface area contributed by atoms with Gasteiger partial charge in [0.25, 0.3) is 5.56 Å². The van der Waals surface area contributed by atoms with Gasteiger partial charge in [-0.15, -0.1) is 11.3 Å². The predicted molar refractivity (Wildman–Crippen MR) is 115 cm³/mol. The number of hydrogen-bond acceptors (Lipinski definition) is 9. The van der Waals surface area contributed by atoms with Gasteiger partial charge in [0, 0.05) is 33.4 Å². The van der Waals surface area contributed by atoms with Crippen LogP contribution in [0.4, 0.5) is 0 Å². The number of hydrogen-bond donors (Lipinski definition) is 2. The first-order chi connectivity index (χ1) is 14.4. The second-order valence-corrected chi connectivity index (χ2v) is 7.86. The highest BCUT2D eigenvalue weighted by Crippen LogP contribution is 2.27. The number of aryl methyl sites for hydroxylation is 1. The number of fused-ring (bicyclic) bond motifs is 1. The van der Waals surface area contributed by atoms with Crippen LogP contribution in [0.25, 0.3) is 10.2 Å². The van der Waals surface area contributed by atoms with Crippen molar-refractivity contribution in [3.63, 3.8) is 0 Å². The van der Waals surface area contributed by atoms with Crippen LogP contribution >= 0.6 is 11.3 Å². The van der Waals surface area contributed by atoms with Crippen molar-refractivity contribution in [1.82, 2.24) is 14.9 Å². The van der Waals surface area contributed by atoms with E-state index in [1.807, 2.05) is 11.8 Å². The van der Waals surface area contributed by atoms with Crippen LogP contribution in [0.2, 0.25) is 0 Å². The Morgan fingerprint density at radius 2 is 2.10 bits per heavy atom. The smallest absolute Gasteiger partial charge is 0.348 e. The molecule has 1 unspecified atom stereocenters. The minimum atomic E-state index is -0.651. The van der Waals surface area contributed by atoms with E-state index in [4.69, 9.17) is 14.2 Å². The van der Waals surface area contributed by atoms with Gasteiger partial charge in [-0.3, -0.25) is 9.69 Å². The molecule has 0 aliphatic carbocycles. The second-order valence-electron chi connectivity index (χ2n) is 6.86.